The molecule has 1 aromatic heterocycles. The summed E-state index contributed by atoms with van der Waals surface area (Å²) in [7, 11) is -3.61. The van der Waals surface area contributed by atoms with Gasteiger partial charge in [-0.1, -0.05) is 24.3 Å². The number of amides is 1. The van der Waals surface area contributed by atoms with E-state index in [1.807, 2.05) is 35.2 Å². The molecule has 0 saturated carbocycles. The first-order chi connectivity index (χ1) is 14.1. The molecule has 0 bridgehead atoms. The number of sulfonamides is 1. The Balaban J connectivity index is 1.40. The van der Waals surface area contributed by atoms with Crippen LogP contribution in [0.5, 0.6) is 5.75 Å². The predicted octanol–water partition coefficient (Wildman–Crippen LogP) is 3.22. The van der Waals surface area contributed by atoms with Crippen molar-refractivity contribution in [2.24, 2.45) is 5.92 Å². The maximum Gasteiger partial charge on any atom is 0.253 e. The van der Waals surface area contributed by atoms with E-state index < -0.39 is 16.1 Å². The molecule has 0 aliphatic carbocycles. The first-order valence-corrected chi connectivity index (χ1v) is 12.4. The van der Waals surface area contributed by atoms with Crippen molar-refractivity contribution in [3.8, 4) is 5.75 Å². The lowest BCUT2D eigenvalue weighted by Gasteiger charge is -2.35. The Morgan fingerprint density at radius 1 is 1.07 bits per heavy atom. The summed E-state index contributed by atoms with van der Waals surface area (Å²) in [5.41, 5.74) is 0. The molecule has 4 rings (SSSR count). The molecule has 6 nitrogen and oxygen atoms in total. The fourth-order valence-corrected chi connectivity index (χ4v) is 6.91. The molecule has 0 spiro atoms. The molecule has 0 radical (unpaired) electrons. The van der Waals surface area contributed by atoms with Crippen LogP contribution in [0, 0.1) is 5.92 Å². The van der Waals surface area contributed by atoms with Gasteiger partial charge in [-0.15, -0.1) is 11.3 Å². The van der Waals surface area contributed by atoms with Crippen molar-refractivity contribution in [1.82, 2.24) is 9.21 Å². The van der Waals surface area contributed by atoms with Crippen LogP contribution in [0.3, 0.4) is 0 Å². The van der Waals surface area contributed by atoms with Crippen molar-refractivity contribution >= 4 is 27.3 Å². The normalized spacial score (nSPS) is 23.2. The van der Waals surface area contributed by atoms with Gasteiger partial charge in [0.05, 0.1) is 6.61 Å². The molecule has 2 aliphatic rings. The minimum absolute atomic E-state index is 0.0629. The third-order valence-corrected chi connectivity index (χ3v) is 8.89. The average molecular weight is 435 g/mol. The zero-order valence-electron chi connectivity index (χ0n) is 16.3. The Morgan fingerprint density at radius 3 is 2.62 bits per heavy atom. The lowest BCUT2D eigenvalue weighted by molar-refractivity contribution is -0.136. The van der Waals surface area contributed by atoms with Gasteiger partial charge in [0.15, 0.2) is 0 Å². The number of likely N-dealkylation sites (tertiary alicyclic amines) is 1. The summed E-state index contributed by atoms with van der Waals surface area (Å²) in [4.78, 5) is 15.1. The van der Waals surface area contributed by atoms with E-state index in [9.17, 15) is 13.2 Å². The molecular formula is C21H26N2O4S2. The first kappa shape index (κ1) is 20.4. The average Bonchev–Trinajstić information content (AvgIpc) is 3.45. The Morgan fingerprint density at radius 2 is 1.86 bits per heavy atom. The smallest absolute Gasteiger partial charge is 0.253 e. The highest BCUT2D eigenvalue weighted by atomic mass is 32.2. The van der Waals surface area contributed by atoms with Crippen LogP contribution in [0.15, 0.2) is 52.1 Å². The van der Waals surface area contributed by atoms with Crippen molar-refractivity contribution in [2.75, 3.05) is 26.2 Å². The minimum Gasteiger partial charge on any atom is -0.493 e. The second-order valence-corrected chi connectivity index (χ2v) is 10.7. The number of carbonyl (C=O) groups excluding carboxylic acids is 1. The molecule has 2 fully saturated rings. The molecular weight excluding hydrogens is 408 g/mol. The number of para-hydroxylation sites is 1. The van der Waals surface area contributed by atoms with Crippen molar-refractivity contribution in [1.29, 1.82) is 0 Å². The van der Waals surface area contributed by atoms with E-state index in [-0.39, 0.29) is 11.8 Å². The van der Waals surface area contributed by atoms with Gasteiger partial charge >= 0.3 is 0 Å². The van der Waals surface area contributed by atoms with E-state index in [1.54, 1.807) is 17.5 Å². The highest BCUT2D eigenvalue weighted by Crippen LogP contribution is 2.30. The number of ether oxygens (including phenoxy) is 1. The monoisotopic (exact) mass is 434 g/mol. The number of rotatable bonds is 6. The van der Waals surface area contributed by atoms with Crippen LogP contribution in [0.2, 0.25) is 0 Å². The Bertz CT molecular complexity index is 915. The number of hydrogen-bond donors (Lipinski definition) is 0. The quantitative estimate of drug-likeness (QED) is 0.700. The third kappa shape index (κ3) is 4.49. The summed E-state index contributed by atoms with van der Waals surface area (Å²) < 4.78 is 33.5. The summed E-state index contributed by atoms with van der Waals surface area (Å²) in [6.07, 6.45) is 3.23. The number of nitrogens with zero attached hydrogens (tertiary/aromatic N) is 2. The van der Waals surface area contributed by atoms with E-state index in [1.165, 1.54) is 15.6 Å². The van der Waals surface area contributed by atoms with Crippen molar-refractivity contribution in [2.45, 2.75) is 35.9 Å². The maximum absolute atomic E-state index is 13.2. The molecule has 2 aromatic rings. The van der Waals surface area contributed by atoms with E-state index in [0.29, 0.717) is 36.9 Å². The van der Waals surface area contributed by atoms with Gasteiger partial charge in [0, 0.05) is 25.6 Å². The Hall–Kier alpha value is -1.90. The van der Waals surface area contributed by atoms with E-state index in [0.717, 1.165) is 25.0 Å². The minimum atomic E-state index is -3.61. The van der Waals surface area contributed by atoms with Crippen molar-refractivity contribution < 1.29 is 17.9 Å². The van der Waals surface area contributed by atoms with Gasteiger partial charge in [0.2, 0.25) is 5.91 Å². The maximum atomic E-state index is 13.2. The number of piperidine rings is 1. The molecule has 2 aliphatic heterocycles. The lowest BCUT2D eigenvalue weighted by atomic mass is 9.98. The fraction of sp³-hybridized carbons (Fsp3) is 0.476. The molecule has 29 heavy (non-hydrogen) atoms. The summed E-state index contributed by atoms with van der Waals surface area (Å²) in [5.74, 6) is 1.03. The standard InChI is InChI=1S/C21H26N2O4S2/c24-21(19-10-5-13-23(19)29(25,26)20-11-6-14-28-20)22-12-4-7-17(15-22)16-27-18-8-2-1-3-9-18/h1-3,6,8-9,11,14,17,19H,4-5,7,10,12-13,15-16H2. The molecule has 3 heterocycles. The van der Waals surface area contributed by atoms with Gasteiger partial charge in [0.25, 0.3) is 10.0 Å². The van der Waals surface area contributed by atoms with Gasteiger partial charge in [0.1, 0.15) is 16.0 Å². The fourth-order valence-electron chi connectivity index (χ4n) is 4.14. The van der Waals surface area contributed by atoms with E-state index in [2.05, 4.69) is 0 Å². The number of benzene rings is 1. The van der Waals surface area contributed by atoms with E-state index >= 15 is 0 Å². The largest absolute Gasteiger partial charge is 0.493 e. The van der Waals surface area contributed by atoms with Crippen LogP contribution in [-0.2, 0) is 14.8 Å². The lowest BCUT2D eigenvalue weighted by Crippen LogP contribution is -2.51. The zero-order chi connectivity index (χ0) is 20.3. The van der Waals surface area contributed by atoms with Gasteiger partial charge in [-0.25, -0.2) is 8.42 Å². The second-order valence-electron chi connectivity index (χ2n) is 7.62. The van der Waals surface area contributed by atoms with Crippen LogP contribution < -0.4 is 4.74 Å². The molecule has 8 heteroatoms. The molecule has 0 N–H and O–H groups in total. The van der Waals surface area contributed by atoms with Crippen LogP contribution in [0.1, 0.15) is 25.7 Å². The predicted molar refractivity (Wildman–Crippen MR) is 112 cm³/mol. The number of thiophene rings is 1. The van der Waals surface area contributed by atoms with Crippen LogP contribution in [0.25, 0.3) is 0 Å². The van der Waals surface area contributed by atoms with Crippen molar-refractivity contribution in [3.63, 3.8) is 0 Å². The zero-order valence-corrected chi connectivity index (χ0v) is 17.9. The summed E-state index contributed by atoms with van der Waals surface area (Å²) in [6.45, 7) is 2.28. The SMILES string of the molecule is O=C(C1CCCN1S(=O)(=O)c1cccs1)N1CCCC(COc2ccccc2)C1. The summed E-state index contributed by atoms with van der Waals surface area (Å²) >= 11 is 1.20. The highest BCUT2D eigenvalue weighted by Gasteiger charge is 2.42. The highest BCUT2D eigenvalue weighted by molar-refractivity contribution is 7.91. The van der Waals surface area contributed by atoms with Gasteiger partial charge in [-0.3, -0.25) is 4.79 Å². The topological polar surface area (TPSA) is 66.9 Å². The molecule has 2 unspecified atom stereocenters. The molecule has 1 aromatic carbocycles. The van der Waals surface area contributed by atoms with E-state index in [4.69, 9.17) is 4.74 Å². The first-order valence-electron chi connectivity index (χ1n) is 10.1. The Kier molecular flexibility index (Phi) is 6.22. The third-order valence-electron chi connectivity index (χ3n) is 5.61. The van der Waals surface area contributed by atoms with Crippen LogP contribution in [0.4, 0.5) is 0 Å². The number of carbonyl (C=O) groups is 1. The second kappa shape index (κ2) is 8.85. The van der Waals surface area contributed by atoms with Gasteiger partial charge < -0.3 is 9.64 Å². The Labute approximate surface area is 176 Å². The number of hydrogen-bond acceptors (Lipinski definition) is 5. The summed E-state index contributed by atoms with van der Waals surface area (Å²) in [6, 6.07) is 12.4. The van der Waals surface area contributed by atoms with Crippen LogP contribution >= 0.6 is 11.3 Å². The molecule has 1 amide bonds. The van der Waals surface area contributed by atoms with Crippen molar-refractivity contribution in [3.05, 3.63) is 47.8 Å². The molecule has 2 atom stereocenters. The molecule has 156 valence electrons. The summed E-state index contributed by atoms with van der Waals surface area (Å²) in [5, 5.41) is 1.75. The van der Waals surface area contributed by atoms with Gasteiger partial charge in [-0.05, 0) is 49.3 Å². The molecule has 2 saturated heterocycles. The van der Waals surface area contributed by atoms with Crippen LogP contribution in [-0.4, -0.2) is 55.8 Å². The van der Waals surface area contributed by atoms with Gasteiger partial charge in [-0.2, -0.15) is 4.31 Å².